The Hall–Kier alpha value is -1.63. The number of hydrogen-bond acceptors (Lipinski definition) is 1. The molecule has 0 radical (unpaired) electrons. The summed E-state index contributed by atoms with van der Waals surface area (Å²) in [6.45, 7) is 0. The van der Waals surface area contributed by atoms with Gasteiger partial charge in [-0.1, -0.05) is 30.3 Å². The van der Waals surface area contributed by atoms with Crippen molar-refractivity contribution in [2.24, 2.45) is 4.99 Å². The summed E-state index contributed by atoms with van der Waals surface area (Å²) in [5, 5.41) is 2.46. The lowest BCUT2D eigenvalue weighted by molar-refractivity contribution is 1.46. The SMILES string of the molecule is [2H]C1=Nc2ccc3ccccc3c2C1. The number of hydrogen-bond donors (Lipinski definition) is 0. The molecule has 0 bridgehead atoms. The van der Waals surface area contributed by atoms with E-state index in [1.807, 2.05) is 18.2 Å². The molecular formula is C12H9N. The third-order valence-electron chi connectivity index (χ3n) is 2.47. The molecule has 0 saturated carbocycles. The van der Waals surface area contributed by atoms with Gasteiger partial charge in [0.2, 0.25) is 0 Å². The Morgan fingerprint density at radius 1 is 1.15 bits per heavy atom. The Bertz CT molecular complexity index is 543. The molecule has 1 nitrogen and oxygen atoms in total. The van der Waals surface area contributed by atoms with Gasteiger partial charge in [-0.25, -0.2) is 0 Å². The lowest BCUT2D eigenvalue weighted by Crippen LogP contribution is -1.82. The number of rotatable bonds is 0. The number of nitrogens with zero attached hydrogens (tertiary/aromatic N) is 1. The smallest absolute Gasteiger partial charge is 0.0795 e. The lowest BCUT2D eigenvalue weighted by atomic mass is 10.0. The van der Waals surface area contributed by atoms with Crippen molar-refractivity contribution in [1.29, 1.82) is 0 Å². The predicted octanol–water partition coefficient (Wildman–Crippen LogP) is 3.10. The minimum Gasteiger partial charge on any atom is -0.261 e. The summed E-state index contributed by atoms with van der Waals surface area (Å²) < 4.78 is 7.54. The van der Waals surface area contributed by atoms with E-state index in [1.165, 1.54) is 16.3 Å². The van der Waals surface area contributed by atoms with Crippen molar-refractivity contribution in [1.82, 2.24) is 0 Å². The van der Waals surface area contributed by atoms with E-state index in [2.05, 4.69) is 23.2 Å². The van der Waals surface area contributed by atoms with Crippen LogP contribution < -0.4 is 0 Å². The molecule has 62 valence electrons. The van der Waals surface area contributed by atoms with Gasteiger partial charge in [0.1, 0.15) is 0 Å². The quantitative estimate of drug-likeness (QED) is 0.573. The monoisotopic (exact) mass is 168 g/mol. The molecule has 2 aromatic rings. The fraction of sp³-hybridized carbons (Fsp3) is 0.0833. The summed E-state index contributed by atoms with van der Waals surface area (Å²) in [7, 11) is 0. The highest BCUT2D eigenvalue weighted by Gasteiger charge is 2.08. The highest BCUT2D eigenvalue weighted by atomic mass is 14.7. The Morgan fingerprint density at radius 3 is 3.08 bits per heavy atom. The molecule has 0 N–H and O–H groups in total. The molecule has 0 atom stereocenters. The van der Waals surface area contributed by atoms with Crippen LogP contribution in [0.2, 0.25) is 0 Å². The van der Waals surface area contributed by atoms with Gasteiger partial charge in [0.15, 0.2) is 0 Å². The molecule has 0 aromatic heterocycles. The average Bonchev–Trinajstić information content (AvgIpc) is 2.59. The first kappa shape index (κ1) is 5.92. The fourth-order valence-electron chi connectivity index (χ4n) is 1.82. The van der Waals surface area contributed by atoms with Gasteiger partial charge < -0.3 is 0 Å². The van der Waals surface area contributed by atoms with Crippen LogP contribution in [0.3, 0.4) is 0 Å². The molecule has 13 heavy (non-hydrogen) atoms. The van der Waals surface area contributed by atoms with Crippen LogP contribution in [0, 0.1) is 0 Å². The zero-order valence-electron chi connectivity index (χ0n) is 8.12. The summed E-state index contributed by atoms with van der Waals surface area (Å²) >= 11 is 0. The Labute approximate surface area is 78.1 Å². The van der Waals surface area contributed by atoms with Crippen LogP contribution in [-0.4, -0.2) is 6.19 Å². The first-order chi connectivity index (χ1) is 6.84. The van der Waals surface area contributed by atoms with Crippen LogP contribution in [0.4, 0.5) is 5.69 Å². The van der Waals surface area contributed by atoms with Crippen molar-refractivity contribution in [3.8, 4) is 0 Å². The van der Waals surface area contributed by atoms with Gasteiger partial charge in [-0.15, -0.1) is 0 Å². The number of aliphatic imine (C=N–C) groups is 1. The second kappa shape index (κ2) is 2.43. The summed E-state index contributed by atoms with van der Waals surface area (Å²) in [4.78, 5) is 4.19. The Kier molecular flexibility index (Phi) is 1.11. The van der Waals surface area contributed by atoms with E-state index < -0.39 is 0 Å². The van der Waals surface area contributed by atoms with Gasteiger partial charge in [0.05, 0.1) is 7.06 Å². The Balaban J connectivity index is 2.38. The fourth-order valence-corrected chi connectivity index (χ4v) is 1.82. The van der Waals surface area contributed by atoms with Crippen molar-refractivity contribution >= 4 is 22.7 Å². The molecule has 1 heterocycles. The van der Waals surface area contributed by atoms with Gasteiger partial charge in [-0.2, -0.15) is 0 Å². The second-order valence-corrected chi connectivity index (χ2v) is 3.23. The van der Waals surface area contributed by atoms with Gasteiger partial charge in [-0.3, -0.25) is 4.99 Å². The van der Waals surface area contributed by atoms with E-state index in [1.54, 1.807) is 0 Å². The third kappa shape index (κ3) is 0.903. The molecular weight excluding hydrogens is 158 g/mol. The van der Waals surface area contributed by atoms with Crippen LogP contribution in [0.25, 0.3) is 10.8 Å². The summed E-state index contributed by atoms with van der Waals surface area (Å²) in [5.41, 5.74) is 2.17. The molecule has 3 rings (SSSR count). The van der Waals surface area contributed by atoms with E-state index in [-0.39, 0.29) is 0 Å². The van der Waals surface area contributed by atoms with E-state index in [4.69, 9.17) is 1.37 Å². The van der Waals surface area contributed by atoms with Gasteiger partial charge in [0.25, 0.3) is 0 Å². The van der Waals surface area contributed by atoms with E-state index in [0.717, 1.165) is 5.69 Å². The molecule has 0 amide bonds. The molecule has 1 aliphatic heterocycles. The van der Waals surface area contributed by atoms with Crippen LogP contribution in [0.1, 0.15) is 6.93 Å². The van der Waals surface area contributed by atoms with Crippen molar-refractivity contribution in [3.05, 3.63) is 42.0 Å². The minimum absolute atomic E-state index is 0.469. The molecule has 1 heteroatoms. The highest BCUT2D eigenvalue weighted by molar-refractivity contribution is 5.94. The van der Waals surface area contributed by atoms with Crippen molar-refractivity contribution in [3.63, 3.8) is 0 Å². The van der Waals surface area contributed by atoms with Gasteiger partial charge in [0, 0.05) is 12.6 Å². The molecule has 2 aromatic carbocycles. The molecule has 0 aliphatic carbocycles. The van der Waals surface area contributed by atoms with Crippen LogP contribution in [0.15, 0.2) is 41.4 Å². The molecule has 0 unspecified atom stereocenters. The number of benzene rings is 2. The molecule has 0 fully saturated rings. The maximum atomic E-state index is 7.54. The summed E-state index contributed by atoms with van der Waals surface area (Å²) in [6.07, 6.45) is 1.15. The van der Waals surface area contributed by atoms with Crippen molar-refractivity contribution in [2.75, 3.05) is 0 Å². The lowest BCUT2D eigenvalue weighted by Gasteiger charge is -2.02. The minimum atomic E-state index is 0.469. The zero-order chi connectivity index (χ0) is 9.54. The standard InChI is InChI=1S/C12H9N/c1-2-4-10-9(3-1)5-6-12-11(10)7-8-13-12/h1-6,8H,7H2/i8D. The van der Waals surface area contributed by atoms with Crippen molar-refractivity contribution < 1.29 is 1.37 Å². The van der Waals surface area contributed by atoms with Crippen LogP contribution in [-0.2, 0) is 6.42 Å². The van der Waals surface area contributed by atoms with E-state index >= 15 is 0 Å². The van der Waals surface area contributed by atoms with Gasteiger partial charge >= 0.3 is 0 Å². The number of fused-ring (bicyclic) bond motifs is 3. The summed E-state index contributed by atoms with van der Waals surface area (Å²) in [5.74, 6) is 0. The maximum Gasteiger partial charge on any atom is 0.0795 e. The molecule has 0 spiro atoms. The van der Waals surface area contributed by atoms with E-state index in [9.17, 15) is 0 Å². The second-order valence-electron chi connectivity index (χ2n) is 3.23. The largest absolute Gasteiger partial charge is 0.261 e. The normalized spacial score (nSPS) is 15.4. The zero-order valence-corrected chi connectivity index (χ0v) is 7.12. The predicted molar refractivity (Wildman–Crippen MR) is 55.8 cm³/mol. The topological polar surface area (TPSA) is 12.4 Å². The molecule has 0 saturated heterocycles. The van der Waals surface area contributed by atoms with Gasteiger partial charge in [-0.05, 0) is 22.4 Å². The Morgan fingerprint density at radius 2 is 2.08 bits per heavy atom. The van der Waals surface area contributed by atoms with Crippen LogP contribution in [0.5, 0.6) is 0 Å². The van der Waals surface area contributed by atoms with Crippen molar-refractivity contribution in [2.45, 2.75) is 6.42 Å². The molecule has 1 aliphatic rings. The highest BCUT2D eigenvalue weighted by Crippen LogP contribution is 2.31. The summed E-state index contributed by atoms with van der Waals surface area (Å²) in [6, 6.07) is 12.3. The first-order valence-corrected chi connectivity index (χ1v) is 4.39. The van der Waals surface area contributed by atoms with E-state index in [0.29, 0.717) is 12.6 Å². The average molecular weight is 168 g/mol. The first-order valence-electron chi connectivity index (χ1n) is 4.89. The maximum absolute atomic E-state index is 7.54. The van der Waals surface area contributed by atoms with Crippen LogP contribution >= 0.6 is 0 Å². The third-order valence-corrected chi connectivity index (χ3v) is 2.47.